The summed E-state index contributed by atoms with van der Waals surface area (Å²) in [5, 5.41) is 2.94. The van der Waals surface area contributed by atoms with Crippen LogP contribution in [0.1, 0.15) is 12.5 Å². The average Bonchev–Trinajstić information content (AvgIpc) is 2.27. The maximum Gasteiger partial charge on any atom is 0.188 e. The van der Waals surface area contributed by atoms with Gasteiger partial charge in [-0.2, -0.15) is 0 Å². The van der Waals surface area contributed by atoms with Crippen LogP contribution in [-0.4, -0.2) is 19.6 Å². The van der Waals surface area contributed by atoms with Gasteiger partial charge in [0.1, 0.15) is 5.75 Å². The van der Waals surface area contributed by atoms with Crippen LogP contribution in [0.2, 0.25) is 0 Å². The number of guanidine groups is 1. The Hall–Kier alpha value is -1.71. The van der Waals surface area contributed by atoms with Crippen molar-refractivity contribution < 1.29 is 4.74 Å². The molecule has 0 saturated heterocycles. The van der Waals surface area contributed by atoms with Crippen molar-refractivity contribution >= 4 is 5.96 Å². The van der Waals surface area contributed by atoms with Crippen molar-refractivity contribution in [3.8, 4) is 5.75 Å². The maximum atomic E-state index is 5.62. The first-order chi connectivity index (χ1) is 7.27. The number of methoxy groups -OCH3 is 1. The summed E-state index contributed by atoms with van der Waals surface area (Å²) >= 11 is 0. The first kappa shape index (κ1) is 11.4. The Morgan fingerprint density at radius 2 is 2.20 bits per heavy atom. The molecule has 0 saturated carbocycles. The van der Waals surface area contributed by atoms with Crippen LogP contribution in [-0.2, 0) is 6.54 Å². The third kappa shape index (κ3) is 3.50. The van der Waals surface area contributed by atoms with Gasteiger partial charge in [0.15, 0.2) is 5.96 Å². The standard InChI is InChI=1S/C11H17N3O/c1-3-13-11(12)14-8-9-6-4-5-7-10(9)15-2/h4-7H,3,8H2,1-2H3,(H3,12,13,14). The number of nitrogens with one attached hydrogen (secondary N) is 1. The van der Waals surface area contributed by atoms with E-state index >= 15 is 0 Å². The van der Waals surface area contributed by atoms with Crippen LogP contribution >= 0.6 is 0 Å². The molecule has 0 radical (unpaired) electrons. The summed E-state index contributed by atoms with van der Waals surface area (Å²) in [4.78, 5) is 4.20. The van der Waals surface area contributed by atoms with E-state index in [1.54, 1.807) is 7.11 Å². The molecular weight excluding hydrogens is 190 g/mol. The molecule has 1 aromatic carbocycles. The molecule has 1 aromatic rings. The Morgan fingerprint density at radius 1 is 1.47 bits per heavy atom. The van der Waals surface area contributed by atoms with E-state index in [0.29, 0.717) is 12.5 Å². The van der Waals surface area contributed by atoms with Gasteiger partial charge >= 0.3 is 0 Å². The zero-order chi connectivity index (χ0) is 11.1. The summed E-state index contributed by atoms with van der Waals surface area (Å²) in [7, 11) is 1.65. The van der Waals surface area contributed by atoms with E-state index in [4.69, 9.17) is 10.5 Å². The molecule has 82 valence electrons. The monoisotopic (exact) mass is 207 g/mol. The van der Waals surface area contributed by atoms with Crippen LogP contribution in [0, 0.1) is 0 Å². The number of nitrogens with zero attached hydrogens (tertiary/aromatic N) is 1. The van der Waals surface area contributed by atoms with Gasteiger partial charge < -0.3 is 15.8 Å². The van der Waals surface area contributed by atoms with Crippen LogP contribution < -0.4 is 15.8 Å². The van der Waals surface area contributed by atoms with E-state index in [9.17, 15) is 0 Å². The molecule has 0 unspecified atom stereocenters. The molecule has 0 atom stereocenters. The van der Waals surface area contributed by atoms with Gasteiger partial charge in [0, 0.05) is 12.1 Å². The molecule has 0 aliphatic heterocycles. The molecule has 0 bridgehead atoms. The van der Waals surface area contributed by atoms with Crippen LogP contribution in [0.15, 0.2) is 29.3 Å². The fourth-order valence-corrected chi connectivity index (χ4v) is 1.24. The van der Waals surface area contributed by atoms with Crippen molar-refractivity contribution in [2.75, 3.05) is 13.7 Å². The molecule has 0 heterocycles. The summed E-state index contributed by atoms with van der Waals surface area (Å²) in [6, 6.07) is 7.77. The number of aliphatic imine (C=N–C) groups is 1. The largest absolute Gasteiger partial charge is 0.496 e. The van der Waals surface area contributed by atoms with Gasteiger partial charge in [0.2, 0.25) is 0 Å². The van der Waals surface area contributed by atoms with Crippen molar-refractivity contribution in [3.05, 3.63) is 29.8 Å². The molecule has 0 aromatic heterocycles. The predicted octanol–water partition coefficient (Wildman–Crippen LogP) is 1.12. The van der Waals surface area contributed by atoms with Gasteiger partial charge in [-0.25, -0.2) is 4.99 Å². The third-order valence-corrected chi connectivity index (χ3v) is 1.97. The molecule has 0 fully saturated rings. The van der Waals surface area contributed by atoms with Crippen LogP contribution in [0.4, 0.5) is 0 Å². The second-order valence-corrected chi connectivity index (χ2v) is 3.04. The number of rotatable bonds is 4. The van der Waals surface area contributed by atoms with Gasteiger partial charge in [0.25, 0.3) is 0 Å². The summed E-state index contributed by atoms with van der Waals surface area (Å²) < 4.78 is 5.21. The number of ether oxygens (including phenoxy) is 1. The van der Waals surface area contributed by atoms with Crippen molar-refractivity contribution in [1.29, 1.82) is 0 Å². The van der Waals surface area contributed by atoms with Gasteiger partial charge in [-0.3, -0.25) is 0 Å². The number of hydrogen-bond donors (Lipinski definition) is 2. The quantitative estimate of drug-likeness (QED) is 0.574. The van der Waals surface area contributed by atoms with E-state index in [-0.39, 0.29) is 0 Å². The summed E-state index contributed by atoms with van der Waals surface area (Å²) in [5.74, 6) is 1.30. The fourth-order valence-electron chi connectivity index (χ4n) is 1.24. The first-order valence-corrected chi connectivity index (χ1v) is 4.93. The minimum atomic E-state index is 0.461. The van der Waals surface area contributed by atoms with Crippen molar-refractivity contribution in [2.45, 2.75) is 13.5 Å². The lowest BCUT2D eigenvalue weighted by Crippen LogP contribution is -2.31. The minimum absolute atomic E-state index is 0.461. The van der Waals surface area contributed by atoms with Gasteiger partial charge in [-0.05, 0) is 13.0 Å². The molecular formula is C11H17N3O. The molecule has 0 spiro atoms. The van der Waals surface area contributed by atoms with Gasteiger partial charge in [-0.1, -0.05) is 18.2 Å². The van der Waals surface area contributed by atoms with Crippen molar-refractivity contribution in [1.82, 2.24) is 5.32 Å². The summed E-state index contributed by atoms with van der Waals surface area (Å²) in [6.07, 6.45) is 0. The van der Waals surface area contributed by atoms with E-state index in [1.165, 1.54) is 0 Å². The summed E-state index contributed by atoms with van der Waals surface area (Å²) in [5.41, 5.74) is 6.65. The molecule has 3 N–H and O–H groups in total. The van der Waals surface area contributed by atoms with E-state index in [0.717, 1.165) is 17.9 Å². The Labute approximate surface area is 90.2 Å². The second kappa shape index (κ2) is 5.90. The zero-order valence-electron chi connectivity index (χ0n) is 9.16. The molecule has 4 heteroatoms. The fraction of sp³-hybridized carbons (Fsp3) is 0.364. The highest BCUT2D eigenvalue weighted by molar-refractivity contribution is 5.77. The highest BCUT2D eigenvalue weighted by Gasteiger charge is 1.99. The molecule has 1 rings (SSSR count). The number of para-hydroxylation sites is 1. The molecule has 4 nitrogen and oxygen atoms in total. The van der Waals surface area contributed by atoms with E-state index < -0.39 is 0 Å². The Balaban J connectivity index is 2.68. The Bertz CT molecular complexity index is 336. The highest BCUT2D eigenvalue weighted by atomic mass is 16.5. The third-order valence-electron chi connectivity index (χ3n) is 1.97. The number of hydrogen-bond acceptors (Lipinski definition) is 2. The average molecular weight is 207 g/mol. The zero-order valence-corrected chi connectivity index (χ0v) is 9.16. The van der Waals surface area contributed by atoms with Crippen LogP contribution in [0.5, 0.6) is 5.75 Å². The smallest absolute Gasteiger partial charge is 0.188 e. The second-order valence-electron chi connectivity index (χ2n) is 3.04. The van der Waals surface area contributed by atoms with Crippen LogP contribution in [0.25, 0.3) is 0 Å². The molecule has 15 heavy (non-hydrogen) atoms. The van der Waals surface area contributed by atoms with E-state index in [2.05, 4.69) is 10.3 Å². The summed E-state index contributed by atoms with van der Waals surface area (Å²) in [6.45, 7) is 3.29. The topological polar surface area (TPSA) is 59.6 Å². The Kier molecular flexibility index (Phi) is 4.47. The predicted molar refractivity (Wildman–Crippen MR) is 62.0 cm³/mol. The normalized spacial score (nSPS) is 11.2. The molecule has 0 amide bonds. The maximum absolute atomic E-state index is 5.62. The van der Waals surface area contributed by atoms with Gasteiger partial charge in [-0.15, -0.1) is 0 Å². The molecule has 0 aliphatic rings. The molecule has 0 aliphatic carbocycles. The lowest BCUT2D eigenvalue weighted by atomic mass is 10.2. The SMILES string of the molecule is CCNC(N)=NCc1ccccc1OC. The van der Waals surface area contributed by atoms with Gasteiger partial charge in [0.05, 0.1) is 13.7 Å². The lowest BCUT2D eigenvalue weighted by Gasteiger charge is -2.06. The first-order valence-electron chi connectivity index (χ1n) is 4.93. The van der Waals surface area contributed by atoms with E-state index in [1.807, 2.05) is 31.2 Å². The number of nitrogens with two attached hydrogens (primary N) is 1. The minimum Gasteiger partial charge on any atom is -0.496 e. The highest BCUT2D eigenvalue weighted by Crippen LogP contribution is 2.17. The van der Waals surface area contributed by atoms with Crippen LogP contribution in [0.3, 0.4) is 0 Å². The van der Waals surface area contributed by atoms with Crippen molar-refractivity contribution in [2.24, 2.45) is 10.7 Å². The Morgan fingerprint density at radius 3 is 2.87 bits per heavy atom. The lowest BCUT2D eigenvalue weighted by molar-refractivity contribution is 0.410. The van der Waals surface area contributed by atoms with Crippen molar-refractivity contribution in [3.63, 3.8) is 0 Å². The number of benzene rings is 1.